The average molecular weight is 450 g/mol. The van der Waals surface area contributed by atoms with Crippen LogP contribution in [0.25, 0.3) is 11.1 Å². The lowest BCUT2D eigenvalue weighted by Gasteiger charge is -2.11. The van der Waals surface area contributed by atoms with Crippen LogP contribution in [0.15, 0.2) is 49.5 Å². The van der Waals surface area contributed by atoms with E-state index in [1.165, 1.54) is 30.3 Å². The lowest BCUT2D eigenvalue weighted by Crippen LogP contribution is -2.18. The Bertz CT molecular complexity index is 1310. The minimum atomic E-state index is -4.10. The molecule has 0 saturated heterocycles. The van der Waals surface area contributed by atoms with Crippen molar-refractivity contribution < 1.29 is 27.2 Å². The van der Waals surface area contributed by atoms with Crippen LogP contribution in [0.1, 0.15) is 19.4 Å². The number of nitrogens with zero attached hydrogens (tertiary/aromatic N) is 2. The van der Waals surface area contributed by atoms with Crippen molar-refractivity contribution in [2.75, 3.05) is 13.2 Å². The monoisotopic (exact) mass is 450 g/mol. The second-order valence-corrected chi connectivity index (χ2v) is 7.67. The van der Waals surface area contributed by atoms with Crippen molar-refractivity contribution in [1.29, 1.82) is 0 Å². The Labute approximate surface area is 175 Å². The van der Waals surface area contributed by atoms with Gasteiger partial charge in [0.1, 0.15) is 5.75 Å². The standard InChI is InChI=1S/C18H18N4O8S/c1-3-28-15-9-17(29-4-2)14(22(24)25)7-11(15)10-19-21-31(26,27)12-5-6-13-16(8-12)30-18(23)20-13/h5-10,21H,3-4H2,1-2H3,(H,20,23)/b19-10+. The zero-order valence-corrected chi connectivity index (χ0v) is 17.3. The van der Waals surface area contributed by atoms with Gasteiger partial charge in [-0.15, -0.1) is 0 Å². The van der Waals surface area contributed by atoms with Crippen LogP contribution in [0.4, 0.5) is 5.69 Å². The summed E-state index contributed by atoms with van der Waals surface area (Å²) in [4.78, 5) is 26.2. The third kappa shape index (κ3) is 4.83. The Hall–Kier alpha value is -3.87. The first-order valence-electron chi connectivity index (χ1n) is 9.01. The van der Waals surface area contributed by atoms with Crippen LogP contribution in [0, 0.1) is 10.1 Å². The summed E-state index contributed by atoms with van der Waals surface area (Å²) in [7, 11) is -4.10. The number of hydrazone groups is 1. The Morgan fingerprint density at radius 2 is 1.90 bits per heavy atom. The molecular formula is C18H18N4O8S. The number of hydrogen-bond donors (Lipinski definition) is 2. The predicted molar refractivity (Wildman–Crippen MR) is 110 cm³/mol. The molecule has 0 aliphatic carbocycles. The molecule has 1 heterocycles. The molecule has 0 aliphatic heterocycles. The molecule has 0 spiro atoms. The molecule has 0 radical (unpaired) electrons. The summed E-state index contributed by atoms with van der Waals surface area (Å²) < 4.78 is 40.6. The van der Waals surface area contributed by atoms with E-state index < -0.39 is 20.7 Å². The fraction of sp³-hybridized carbons (Fsp3) is 0.222. The number of fused-ring (bicyclic) bond motifs is 1. The van der Waals surface area contributed by atoms with E-state index in [9.17, 15) is 23.3 Å². The highest BCUT2D eigenvalue weighted by Gasteiger charge is 2.20. The maximum Gasteiger partial charge on any atom is 0.417 e. The van der Waals surface area contributed by atoms with E-state index in [1.54, 1.807) is 13.8 Å². The minimum absolute atomic E-state index is 0.0231. The summed E-state index contributed by atoms with van der Waals surface area (Å²) >= 11 is 0. The normalized spacial score (nSPS) is 11.7. The quantitative estimate of drug-likeness (QED) is 0.284. The van der Waals surface area contributed by atoms with Gasteiger partial charge in [-0.3, -0.25) is 15.1 Å². The van der Waals surface area contributed by atoms with Crippen molar-refractivity contribution >= 4 is 33.0 Å². The van der Waals surface area contributed by atoms with E-state index in [-0.39, 0.29) is 46.4 Å². The van der Waals surface area contributed by atoms with Crippen LogP contribution in [0.5, 0.6) is 11.5 Å². The molecule has 0 fully saturated rings. The van der Waals surface area contributed by atoms with Crippen LogP contribution >= 0.6 is 0 Å². The highest BCUT2D eigenvalue weighted by molar-refractivity contribution is 7.89. The number of aromatic nitrogens is 1. The molecule has 3 rings (SSSR count). The molecule has 0 atom stereocenters. The molecule has 164 valence electrons. The number of benzene rings is 2. The van der Waals surface area contributed by atoms with E-state index in [0.717, 1.165) is 6.21 Å². The largest absolute Gasteiger partial charge is 0.493 e. The lowest BCUT2D eigenvalue weighted by molar-refractivity contribution is -0.385. The Kier molecular flexibility index (Phi) is 6.25. The van der Waals surface area contributed by atoms with Gasteiger partial charge in [-0.2, -0.15) is 13.5 Å². The van der Waals surface area contributed by atoms with Crippen molar-refractivity contribution in [3.05, 3.63) is 56.6 Å². The molecule has 0 aliphatic rings. The van der Waals surface area contributed by atoms with E-state index >= 15 is 0 Å². The molecule has 31 heavy (non-hydrogen) atoms. The molecular weight excluding hydrogens is 432 g/mol. The Morgan fingerprint density at radius 3 is 2.58 bits per heavy atom. The molecule has 12 nitrogen and oxygen atoms in total. The van der Waals surface area contributed by atoms with Gasteiger partial charge in [0, 0.05) is 23.8 Å². The number of H-pyrrole nitrogens is 1. The van der Waals surface area contributed by atoms with Gasteiger partial charge in [0.05, 0.1) is 34.8 Å². The minimum Gasteiger partial charge on any atom is -0.493 e. The molecule has 2 aromatic carbocycles. The predicted octanol–water partition coefficient (Wildman–Crippen LogP) is 2.14. The zero-order chi connectivity index (χ0) is 22.6. The molecule has 0 unspecified atom stereocenters. The second kappa shape index (κ2) is 8.87. The Balaban J connectivity index is 1.91. The summed E-state index contributed by atoms with van der Waals surface area (Å²) in [5.41, 5.74) is 0.266. The van der Waals surface area contributed by atoms with Gasteiger partial charge < -0.3 is 13.9 Å². The maximum atomic E-state index is 12.5. The lowest BCUT2D eigenvalue weighted by atomic mass is 10.1. The Morgan fingerprint density at radius 1 is 1.19 bits per heavy atom. The van der Waals surface area contributed by atoms with Gasteiger partial charge in [0.15, 0.2) is 5.58 Å². The van der Waals surface area contributed by atoms with Crippen LogP contribution in [0.3, 0.4) is 0 Å². The van der Waals surface area contributed by atoms with Crippen molar-refractivity contribution in [3.8, 4) is 11.5 Å². The number of oxazole rings is 1. The highest BCUT2D eigenvalue weighted by atomic mass is 32.2. The number of nitrogens with one attached hydrogen (secondary N) is 2. The van der Waals surface area contributed by atoms with Crippen molar-refractivity contribution in [2.24, 2.45) is 5.10 Å². The second-order valence-electron chi connectivity index (χ2n) is 6.01. The number of ether oxygens (including phenoxy) is 2. The first kappa shape index (κ1) is 21.8. The van der Waals surface area contributed by atoms with Crippen LogP contribution in [-0.2, 0) is 10.0 Å². The molecule has 0 bridgehead atoms. The van der Waals surface area contributed by atoms with Crippen LogP contribution in [0.2, 0.25) is 0 Å². The maximum absolute atomic E-state index is 12.5. The SMILES string of the molecule is CCOc1cc(OCC)c([N+](=O)[O-])cc1/C=N/NS(=O)(=O)c1ccc2[nH]c(=O)oc2c1. The third-order valence-corrected chi connectivity index (χ3v) is 5.19. The van der Waals surface area contributed by atoms with Crippen molar-refractivity contribution in [1.82, 2.24) is 9.82 Å². The highest BCUT2D eigenvalue weighted by Crippen LogP contribution is 2.34. The first-order valence-corrected chi connectivity index (χ1v) is 10.5. The number of nitro benzene ring substituents is 1. The molecule has 13 heteroatoms. The summed E-state index contributed by atoms with van der Waals surface area (Å²) in [6.07, 6.45) is 1.08. The zero-order valence-electron chi connectivity index (χ0n) is 16.4. The van der Waals surface area contributed by atoms with E-state index in [4.69, 9.17) is 13.9 Å². The van der Waals surface area contributed by atoms with Crippen molar-refractivity contribution in [3.63, 3.8) is 0 Å². The van der Waals surface area contributed by atoms with Gasteiger partial charge in [0.25, 0.3) is 10.0 Å². The topological polar surface area (TPSA) is 166 Å². The number of nitro groups is 1. The van der Waals surface area contributed by atoms with E-state index in [2.05, 4.69) is 10.1 Å². The molecule has 0 saturated carbocycles. The number of aromatic amines is 1. The van der Waals surface area contributed by atoms with Crippen LogP contribution < -0.4 is 20.1 Å². The molecule has 0 amide bonds. The number of sulfonamides is 1. The van der Waals surface area contributed by atoms with E-state index in [0.29, 0.717) is 5.52 Å². The molecule has 3 aromatic rings. The summed E-state index contributed by atoms with van der Waals surface area (Å²) in [5, 5.41) is 15.0. The third-order valence-electron chi connectivity index (χ3n) is 3.97. The smallest absolute Gasteiger partial charge is 0.417 e. The summed E-state index contributed by atoms with van der Waals surface area (Å²) in [6.45, 7) is 3.88. The number of hydrogen-bond acceptors (Lipinski definition) is 9. The van der Waals surface area contributed by atoms with Gasteiger partial charge in [-0.25, -0.2) is 9.63 Å². The average Bonchev–Trinajstić information content (AvgIpc) is 3.08. The summed E-state index contributed by atoms with van der Waals surface area (Å²) in [6, 6.07) is 6.33. The number of rotatable bonds is 9. The van der Waals surface area contributed by atoms with Gasteiger partial charge in [0.2, 0.25) is 5.75 Å². The van der Waals surface area contributed by atoms with Gasteiger partial charge in [-0.1, -0.05) is 0 Å². The molecule has 2 N–H and O–H groups in total. The van der Waals surface area contributed by atoms with Crippen LogP contribution in [-0.4, -0.2) is 37.8 Å². The molecule has 1 aromatic heterocycles. The summed E-state index contributed by atoms with van der Waals surface area (Å²) in [5.74, 6) is -0.457. The first-order chi connectivity index (χ1) is 14.7. The van der Waals surface area contributed by atoms with Gasteiger partial charge in [-0.05, 0) is 26.0 Å². The van der Waals surface area contributed by atoms with Gasteiger partial charge >= 0.3 is 11.4 Å². The fourth-order valence-corrected chi connectivity index (χ4v) is 3.48. The fourth-order valence-electron chi connectivity index (χ4n) is 2.67. The van der Waals surface area contributed by atoms with Crippen molar-refractivity contribution in [2.45, 2.75) is 18.7 Å². The van der Waals surface area contributed by atoms with E-state index in [1.807, 2.05) is 4.83 Å².